The number of amides is 2. The Morgan fingerprint density at radius 2 is 2.14 bits per heavy atom. The second-order valence-electron chi connectivity index (χ2n) is 6.08. The van der Waals surface area contributed by atoms with Crippen molar-refractivity contribution in [2.45, 2.75) is 32.3 Å². The molecular weight excluding hydrogens is 282 g/mol. The standard InChI is InChI=1S/C16H21N3O3/c20-10-13-5-6-17-8-14(13)18-15(21)12-2-1-7-19(9-12)16(22)11-3-4-11/h5-6,8,11-12,20H,1-4,7,9-10H2,(H,18,21). The molecule has 1 unspecified atom stereocenters. The highest BCUT2D eigenvalue weighted by atomic mass is 16.3. The van der Waals surface area contributed by atoms with Gasteiger partial charge < -0.3 is 15.3 Å². The molecule has 118 valence electrons. The molecule has 6 heteroatoms. The molecule has 3 rings (SSSR count). The van der Waals surface area contributed by atoms with Crippen molar-refractivity contribution < 1.29 is 14.7 Å². The van der Waals surface area contributed by atoms with Crippen LogP contribution in [-0.4, -0.2) is 39.9 Å². The summed E-state index contributed by atoms with van der Waals surface area (Å²) in [5, 5.41) is 12.1. The first-order valence-electron chi connectivity index (χ1n) is 7.82. The number of aromatic nitrogens is 1. The number of piperidine rings is 1. The summed E-state index contributed by atoms with van der Waals surface area (Å²) in [6, 6.07) is 1.68. The number of pyridine rings is 1. The third-order valence-corrected chi connectivity index (χ3v) is 4.37. The van der Waals surface area contributed by atoms with Gasteiger partial charge >= 0.3 is 0 Å². The predicted molar refractivity (Wildman–Crippen MR) is 80.8 cm³/mol. The Hall–Kier alpha value is -1.95. The number of likely N-dealkylation sites (tertiary alicyclic amines) is 1. The van der Waals surface area contributed by atoms with E-state index >= 15 is 0 Å². The molecule has 6 nitrogen and oxygen atoms in total. The highest BCUT2D eigenvalue weighted by molar-refractivity contribution is 5.93. The van der Waals surface area contributed by atoms with E-state index in [-0.39, 0.29) is 30.3 Å². The van der Waals surface area contributed by atoms with Crippen molar-refractivity contribution in [1.29, 1.82) is 0 Å². The SMILES string of the molecule is O=C(Nc1cnccc1CO)C1CCCN(C(=O)C2CC2)C1. The monoisotopic (exact) mass is 303 g/mol. The van der Waals surface area contributed by atoms with Gasteiger partial charge in [-0.2, -0.15) is 0 Å². The Morgan fingerprint density at radius 1 is 1.32 bits per heavy atom. The Balaban J connectivity index is 1.62. The summed E-state index contributed by atoms with van der Waals surface area (Å²) in [4.78, 5) is 30.4. The Labute approximate surface area is 129 Å². The fraction of sp³-hybridized carbons (Fsp3) is 0.562. The summed E-state index contributed by atoms with van der Waals surface area (Å²) in [6.45, 7) is 1.11. The number of nitrogens with one attached hydrogen (secondary N) is 1. The molecule has 2 heterocycles. The Kier molecular flexibility index (Phi) is 4.38. The van der Waals surface area contributed by atoms with Crippen LogP contribution in [0.4, 0.5) is 5.69 Å². The zero-order chi connectivity index (χ0) is 15.5. The van der Waals surface area contributed by atoms with Crippen molar-refractivity contribution in [2.75, 3.05) is 18.4 Å². The molecule has 22 heavy (non-hydrogen) atoms. The molecule has 1 saturated heterocycles. The predicted octanol–water partition coefficient (Wildman–Crippen LogP) is 1.16. The minimum Gasteiger partial charge on any atom is -0.392 e. The number of carbonyl (C=O) groups is 2. The van der Waals surface area contributed by atoms with Crippen LogP contribution in [-0.2, 0) is 16.2 Å². The lowest BCUT2D eigenvalue weighted by Crippen LogP contribution is -2.44. The second-order valence-corrected chi connectivity index (χ2v) is 6.08. The van der Waals surface area contributed by atoms with Crippen LogP contribution in [0.15, 0.2) is 18.5 Å². The van der Waals surface area contributed by atoms with Crippen LogP contribution in [0.3, 0.4) is 0 Å². The lowest BCUT2D eigenvalue weighted by molar-refractivity contribution is -0.135. The summed E-state index contributed by atoms with van der Waals surface area (Å²) >= 11 is 0. The van der Waals surface area contributed by atoms with Crippen molar-refractivity contribution >= 4 is 17.5 Å². The third kappa shape index (κ3) is 3.27. The van der Waals surface area contributed by atoms with Gasteiger partial charge in [0.25, 0.3) is 0 Å². The van der Waals surface area contributed by atoms with E-state index in [0.29, 0.717) is 17.8 Å². The molecule has 1 atom stereocenters. The van der Waals surface area contributed by atoms with Crippen LogP contribution in [0.5, 0.6) is 0 Å². The quantitative estimate of drug-likeness (QED) is 0.874. The normalized spacial score (nSPS) is 21.5. The van der Waals surface area contributed by atoms with E-state index in [2.05, 4.69) is 10.3 Å². The largest absolute Gasteiger partial charge is 0.392 e. The molecule has 2 fully saturated rings. The summed E-state index contributed by atoms with van der Waals surface area (Å²) in [5.74, 6) is 0.107. The lowest BCUT2D eigenvalue weighted by atomic mass is 9.96. The molecule has 0 bridgehead atoms. The van der Waals surface area contributed by atoms with Crippen molar-refractivity contribution in [3.8, 4) is 0 Å². The topological polar surface area (TPSA) is 82.5 Å². The van der Waals surface area contributed by atoms with E-state index in [9.17, 15) is 14.7 Å². The van der Waals surface area contributed by atoms with E-state index in [0.717, 1.165) is 32.2 Å². The van der Waals surface area contributed by atoms with E-state index in [1.165, 1.54) is 0 Å². The molecule has 1 aromatic heterocycles. The fourth-order valence-electron chi connectivity index (χ4n) is 2.89. The van der Waals surface area contributed by atoms with Gasteiger partial charge in [-0.3, -0.25) is 14.6 Å². The van der Waals surface area contributed by atoms with Crippen molar-refractivity contribution in [3.05, 3.63) is 24.0 Å². The van der Waals surface area contributed by atoms with Crippen molar-refractivity contribution in [1.82, 2.24) is 9.88 Å². The fourth-order valence-corrected chi connectivity index (χ4v) is 2.89. The average Bonchev–Trinajstić information content (AvgIpc) is 3.39. The molecule has 0 radical (unpaired) electrons. The number of rotatable bonds is 4. The molecule has 1 saturated carbocycles. The molecule has 2 amide bonds. The minimum atomic E-state index is -0.191. The van der Waals surface area contributed by atoms with E-state index in [1.54, 1.807) is 18.5 Å². The Bertz CT molecular complexity index is 572. The minimum absolute atomic E-state index is 0.101. The van der Waals surface area contributed by atoms with Gasteiger partial charge in [0.1, 0.15) is 0 Å². The summed E-state index contributed by atoms with van der Waals surface area (Å²) in [6.07, 6.45) is 6.74. The lowest BCUT2D eigenvalue weighted by Gasteiger charge is -2.32. The maximum absolute atomic E-state index is 12.4. The number of hydrogen-bond donors (Lipinski definition) is 2. The molecule has 1 aliphatic carbocycles. The molecule has 0 aromatic carbocycles. The number of aliphatic hydroxyl groups excluding tert-OH is 1. The van der Waals surface area contributed by atoms with E-state index in [4.69, 9.17) is 0 Å². The Morgan fingerprint density at radius 3 is 2.86 bits per heavy atom. The molecule has 1 aromatic rings. The highest BCUT2D eigenvalue weighted by Gasteiger charge is 2.36. The molecule has 1 aliphatic heterocycles. The van der Waals surface area contributed by atoms with E-state index < -0.39 is 0 Å². The van der Waals surface area contributed by atoms with E-state index in [1.807, 2.05) is 4.90 Å². The zero-order valence-corrected chi connectivity index (χ0v) is 12.5. The van der Waals surface area contributed by atoms with Gasteiger partial charge in [0.15, 0.2) is 0 Å². The molecule has 2 aliphatic rings. The molecular formula is C16H21N3O3. The summed E-state index contributed by atoms with van der Waals surface area (Å²) in [5.41, 5.74) is 1.19. The summed E-state index contributed by atoms with van der Waals surface area (Å²) < 4.78 is 0. The maximum Gasteiger partial charge on any atom is 0.229 e. The zero-order valence-electron chi connectivity index (χ0n) is 12.5. The van der Waals surface area contributed by atoms with Crippen LogP contribution in [0, 0.1) is 11.8 Å². The maximum atomic E-state index is 12.4. The van der Waals surface area contributed by atoms with Crippen LogP contribution in [0.1, 0.15) is 31.2 Å². The van der Waals surface area contributed by atoms with Crippen molar-refractivity contribution in [3.63, 3.8) is 0 Å². The third-order valence-electron chi connectivity index (χ3n) is 4.37. The number of anilines is 1. The van der Waals surface area contributed by atoms with Crippen LogP contribution in [0.2, 0.25) is 0 Å². The van der Waals surface area contributed by atoms with Gasteiger partial charge in [-0.25, -0.2) is 0 Å². The van der Waals surface area contributed by atoms with Gasteiger partial charge in [-0.1, -0.05) is 0 Å². The molecule has 2 N–H and O–H groups in total. The van der Waals surface area contributed by atoms with Gasteiger partial charge in [0.2, 0.25) is 11.8 Å². The van der Waals surface area contributed by atoms with Gasteiger partial charge in [0.05, 0.1) is 24.4 Å². The first-order chi connectivity index (χ1) is 10.7. The number of hydrogen-bond acceptors (Lipinski definition) is 4. The van der Waals surface area contributed by atoms with Crippen molar-refractivity contribution in [2.24, 2.45) is 11.8 Å². The number of aliphatic hydroxyl groups is 1. The second kappa shape index (κ2) is 6.44. The first-order valence-corrected chi connectivity index (χ1v) is 7.82. The van der Waals surface area contributed by atoms with Gasteiger partial charge in [-0.05, 0) is 31.7 Å². The summed E-state index contributed by atoms with van der Waals surface area (Å²) in [7, 11) is 0. The number of carbonyl (C=O) groups excluding carboxylic acids is 2. The number of nitrogens with zero attached hydrogens (tertiary/aromatic N) is 2. The first kappa shape index (κ1) is 15.0. The highest BCUT2D eigenvalue weighted by Crippen LogP contribution is 2.32. The van der Waals surface area contributed by atoms with Crippen LogP contribution >= 0.6 is 0 Å². The molecule has 0 spiro atoms. The van der Waals surface area contributed by atoms with Crippen LogP contribution < -0.4 is 5.32 Å². The van der Waals surface area contributed by atoms with Gasteiger partial charge in [-0.15, -0.1) is 0 Å². The average molecular weight is 303 g/mol. The smallest absolute Gasteiger partial charge is 0.229 e. The van der Waals surface area contributed by atoms with Gasteiger partial charge in [0, 0.05) is 30.8 Å². The van der Waals surface area contributed by atoms with Crippen LogP contribution in [0.25, 0.3) is 0 Å².